The summed E-state index contributed by atoms with van der Waals surface area (Å²) in [7, 11) is 1.11. The molecule has 3 nitrogen and oxygen atoms in total. The van der Waals surface area contributed by atoms with Crippen molar-refractivity contribution < 1.29 is 22.7 Å². The third-order valence-electron chi connectivity index (χ3n) is 2.20. The molecule has 1 aromatic rings. The van der Waals surface area contributed by atoms with Gasteiger partial charge in [0.25, 0.3) is 0 Å². The highest BCUT2D eigenvalue weighted by atomic mass is 79.9. The van der Waals surface area contributed by atoms with Crippen LogP contribution in [0.2, 0.25) is 0 Å². The number of nitrogens with zero attached hydrogens (tertiary/aromatic N) is 1. The van der Waals surface area contributed by atoms with Gasteiger partial charge in [-0.3, -0.25) is 4.79 Å². The van der Waals surface area contributed by atoms with Gasteiger partial charge in [0.2, 0.25) is 0 Å². The first-order valence-corrected chi connectivity index (χ1v) is 5.76. The highest BCUT2D eigenvalue weighted by Gasteiger charge is 2.36. The predicted octanol–water partition coefficient (Wildman–Crippen LogP) is 3.16. The Balaban J connectivity index is 3.58. The van der Waals surface area contributed by atoms with E-state index in [4.69, 9.17) is 10.00 Å². The first kappa shape index (κ1) is 14.5. The van der Waals surface area contributed by atoms with Crippen LogP contribution in [0, 0.1) is 11.3 Å². The van der Waals surface area contributed by atoms with E-state index in [2.05, 4.69) is 15.9 Å². The summed E-state index contributed by atoms with van der Waals surface area (Å²) in [6.45, 7) is 0. The molecule has 0 aromatic heterocycles. The van der Waals surface area contributed by atoms with Crippen LogP contribution in [0.15, 0.2) is 12.1 Å². The van der Waals surface area contributed by atoms with Gasteiger partial charge < -0.3 is 4.74 Å². The van der Waals surface area contributed by atoms with E-state index in [0.29, 0.717) is 6.07 Å². The Bertz CT molecular complexity index is 520. The van der Waals surface area contributed by atoms with Crippen molar-refractivity contribution in [3.8, 4) is 11.8 Å². The highest BCUT2D eigenvalue weighted by molar-refractivity contribution is 9.09. The summed E-state index contributed by atoms with van der Waals surface area (Å²) < 4.78 is 42.8. The fraction of sp³-hybridized carbons (Fsp3) is 0.273. The van der Waals surface area contributed by atoms with Crippen LogP contribution in [0.5, 0.6) is 5.75 Å². The molecule has 0 saturated carbocycles. The molecule has 0 N–H and O–H groups in total. The molecular formula is C11H7BrF3NO2. The average Bonchev–Trinajstić information content (AvgIpc) is 2.34. The monoisotopic (exact) mass is 321 g/mol. The van der Waals surface area contributed by atoms with E-state index < -0.39 is 23.1 Å². The molecule has 18 heavy (non-hydrogen) atoms. The minimum Gasteiger partial charge on any atom is -0.495 e. The number of carbonyl (C=O) groups is 1. The van der Waals surface area contributed by atoms with Gasteiger partial charge in [-0.05, 0) is 12.1 Å². The summed E-state index contributed by atoms with van der Waals surface area (Å²) in [5.41, 5.74) is -1.86. The lowest BCUT2D eigenvalue weighted by molar-refractivity contribution is -0.137. The van der Waals surface area contributed by atoms with Crippen molar-refractivity contribution in [2.24, 2.45) is 0 Å². The van der Waals surface area contributed by atoms with Crippen molar-refractivity contribution in [2.75, 3.05) is 12.4 Å². The molecule has 96 valence electrons. The lowest BCUT2D eigenvalue weighted by atomic mass is 10.0. The smallest absolute Gasteiger partial charge is 0.417 e. The van der Waals surface area contributed by atoms with Crippen LogP contribution in [0.4, 0.5) is 13.2 Å². The van der Waals surface area contributed by atoms with Crippen molar-refractivity contribution in [1.29, 1.82) is 5.26 Å². The van der Waals surface area contributed by atoms with Gasteiger partial charge in [-0.15, -0.1) is 0 Å². The standard InChI is InChI=1S/C11H7BrF3NO2/c1-18-10-6(9(17)4-12)2-3-8(7(10)5-16)11(13,14)15/h2-3H,4H2,1H3. The molecule has 0 atom stereocenters. The molecule has 0 radical (unpaired) electrons. The Kier molecular flexibility index (Phi) is 4.35. The molecule has 1 rings (SSSR count). The molecule has 0 aliphatic carbocycles. The van der Waals surface area contributed by atoms with Gasteiger partial charge in [-0.2, -0.15) is 18.4 Å². The fourth-order valence-electron chi connectivity index (χ4n) is 1.43. The van der Waals surface area contributed by atoms with Crippen molar-refractivity contribution in [3.05, 3.63) is 28.8 Å². The van der Waals surface area contributed by atoms with Crippen LogP contribution in [-0.4, -0.2) is 18.2 Å². The fourth-order valence-corrected chi connectivity index (χ4v) is 1.74. The predicted molar refractivity (Wildman–Crippen MR) is 60.8 cm³/mol. The van der Waals surface area contributed by atoms with Crippen molar-refractivity contribution >= 4 is 21.7 Å². The lowest BCUT2D eigenvalue weighted by Crippen LogP contribution is -2.12. The highest BCUT2D eigenvalue weighted by Crippen LogP contribution is 2.37. The topological polar surface area (TPSA) is 50.1 Å². The van der Waals surface area contributed by atoms with Crippen LogP contribution in [0.3, 0.4) is 0 Å². The van der Waals surface area contributed by atoms with Crippen LogP contribution >= 0.6 is 15.9 Å². The number of alkyl halides is 4. The van der Waals surface area contributed by atoms with Crippen LogP contribution in [0.1, 0.15) is 21.5 Å². The van der Waals surface area contributed by atoms with Crippen LogP contribution in [0.25, 0.3) is 0 Å². The Morgan fingerprint density at radius 1 is 1.50 bits per heavy atom. The molecule has 0 amide bonds. The molecule has 0 saturated heterocycles. The van der Waals surface area contributed by atoms with Gasteiger partial charge in [-0.25, -0.2) is 0 Å². The zero-order chi connectivity index (χ0) is 13.9. The Morgan fingerprint density at radius 3 is 2.50 bits per heavy atom. The Hall–Kier alpha value is -1.55. The Morgan fingerprint density at radius 2 is 2.11 bits per heavy atom. The molecule has 0 unspecified atom stereocenters. The number of methoxy groups -OCH3 is 1. The summed E-state index contributed by atoms with van der Waals surface area (Å²) in [5.74, 6) is -0.811. The molecule has 7 heteroatoms. The summed E-state index contributed by atoms with van der Waals surface area (Å²) in [6.07, 6.45) is -4.67. The number of ketones is 1. The van der Waals surface area contributed by atoms with Gasteiger partial charge >= 0.3 is 6.18 Å². The van der Waals surface area contributed by atoms with Gasteiger partial charge in [0, 0.05) is 0 Å². The van der Waals surface area contributed by atoms with Gasteiger partial charge in [0.1, 0.15) is 17.4 Å². The van der Waals surface area contributed by atoms with Crippen molar-refractivity contribution in [3.63, 3.8) is 0 Å². The SMILES string of the molecule is COc1c(C(=O)CBr)ccc(C(F)(F)F)c1C#N. The second-order valence-corrected chi connectivity index (χ2v) is 3.80. The number of benzene rings is 1. The molecule has 0 heterocycles. The number of halogens is 4. The normalized spacial score (nSPS) is 10.9. The Labute approximate surface area is 109 Å². The number of carbonyl (C=O) groups excluding carboxylic acids is 1. The molecule has 0 aliphatic rings. The van der Waals surface area contributed by atoms with Crippen molar-refractivity contribution in [1.82, 2.24) is 0 Å². The third-order valence-corrected chi connectivity index (χ3v) is 2.71. The van der Waals surface area contributed by atoms with Gasteiger partial charge in [0.05, 0.1) is 23.6 Å². The van der Waals surface area contributed by atoms with Crippen LogP contribution < -0.4 is 4.74 Å². The first-order valence-electron chi connectivity index (χ1n) is 4.64. The molecule has 0 aliphatic heterocycles. The number of rotatable bonds is 3. The number of nitriles is 1. The molecule has 0 spiro atoms. The van der Waals surface area contributed by atoms with E-state index in [1.165, 1.54) is 6.07 Å². The minimum atomic E-state index is -4.67. The maximum Gasteiger partial charge on any atom is 0.417 e. The second-order valence-electron chi connectivity index (χ2n) is 3.24. The summed E-state index contributed by atoms with van der Waals surface area (Å²) >= 11 is 2.91. The zero-order valence-corrected chi connectivity index (χ0v) is 10.7. The van der Waals surface area contributed by atoms with Crippen molar-refractivity contribution in [2.45, 2.75) is 6.18 Å². The van der Waals surface area contributed by atoms with E-state index in [9.17, 15) is 18.0 Å². The summed E-state index contributed by atoms with van der Waals surface area (Å²) in [4.78, 5) is 11.5. The van der Waals surface area contributed by atoms with E-state index in [1.807, 2.05) is 0 Å². The van der Waals surface area contributed by atoms with E-state index >= 15 is 0 Å². The molecule has 1 aromatic carbocycles. The minimum absolute atomic E-state index is 0.0566. The number of hydrogen-bond donors (Lipinski definition) is 0. The zero-order valence-electron chi connectivity index (χ0n) is 9.14. The quantitative estimate of drug-likeness (QED) is 0.634. The maximum atomic E-state index is 12.7. The number of ether oxygens (including phenoxy) is 1. The third kappa shape index (κ3) is 2.64. The number of hydrogen-bond acceptors (Lipinski definition) is 3. The van der Waals surface area contributed by atoms with E-state index in [1.54, 1.807) is 0 Å². The number of Topliss-reactive ketones (excluding diaryl/α,β-unsaturated/α-hetero) is 1. The largest absolute Gasteiger partial charge is 0.495 e. The molecule has 0 fully saturated rings. The van der Waals surface area contributed by atoms with Gasteiger partial charge in [-0.1, -0.05) is 15.9 Å². The molecule has 0 bridgehead atoms. The first-order chi connectivity index (χ1) is 8.36. The van der Waals surface area contributed by atoms with E-state index in [0.717, 1.165) is 13.2 Å². The second kappa shape index (κ2) is 5.40. The average molecular weight is 322 g/mol. The van der Waals surface area contributed by atoms with Gasteiger partial charge in [0.15, 0.2) is 5.78 Å². The summed E-state index contributed by atoms with van der Waals surface area (Å²) in [5, 5.41) is 8.75. The summed E-state index contributed by atoms with van der Waals surface area (Å²) in [6, 6.07) is 3.14. The van der Waals surface area contributed by atoms with Crippen LogP contribution in [-0.2, 0) is 6.18 Å². The molecular weight excluding hydrogens is 315 g/mol. The van der Waals surface area contributed by atoms with E-state index in [-0.39, 0.29) is 16.6 Å². The maximum absolute atomic E-state index is 12.7. The lowest BCUT2D eigenvalue weighted by Gasteiger charge is -2.14.